The Morgan fingerprint density at radius 1 is 1.11 bits per heavy atom. The molecule has 0 unspecified atom stereocenters. The average molecular weight is 266 g/mol. The number of nitrogens with zero attached hydrogens (tertiary/aromatic N) is 2. The Bertz CT molecular complexity index is 452. The highest BCUT2D eigenvalue weighted by Crippen LogP contribution is 2.18. The molecular weight excluding hydrogens is 244 g/mol. The molecular formula is C13H22N4O2. The van der Waals surface area contributed by atoms with E-state index >= 15 is 0 Å². The van der Waals surface area contributed by atoms with Gasteiger partial charge in [0, 0.05) is 11.6 Å². The molecule has 0 saturated carbocycles. The Balaban J connectivity index is 2.86. The third-order valence-corrected chi connectivity index (χ3v) is 2.31. The summed E-state index contributed by atoms with van der Waals surface area (Å²) in [6.07, 6.45) is 1.45. The molecule has 1 aromatic rings. The van der Waals surface area contributed by atoms with E-state index in [1.807, 2.05) is 20.8 Å². The molecule has 0 aliphatic carbocycles. The van der Waals surface area contributed by atoms with Crippen molar-refractivity contribution in [2.24, 2.45) is 0 Å². The third kappa shape index (κ3) is 4.73. The van der Waals surface area contributed by atoms with Crippen LogP contribution in [0.4, 0.5) is 11.6 Å². The fourth-order valence-corrected chi connectivity index (χ4v) is 1.50. The molecule has 6 heteroatoms. The first-order valence-corrected chi connectivity index (χ1v) is 6.11. The highest BCUT2D eigenvalue weighted by molar-refractivity contribution is 5.83. The van der Waals surface area contributed by atoms with Crippen LogP contribution in [0.2, 0.25) is 0 Å². The van der Waals surface area contributed by atoms with Crippen LogP contribution in [-0.2, 0) is 9.53 Å². The number of methoxy groups -OCH3 is 1. The zero-order valence-corrected chi connectivity index (χ0v) is 12.4. The smallest absolute Gasteiger partial charge is 0.330 e. The average Bonchev–Trinajstić information content (AvgIpc) is 2.25. The van der Waals surface area contributed by atoms with Gasteiger partial charge in [0.2, 0.25) is 0 Å². The molecule has 0 radical (unpaired) electrons. The minimum Gasteiger partial charge on any atom is -0.467 e. The van der Waals surface area contributed by atoms with Crippen LogP contribution in [0, 0.1) is 0 Å². The maximum Gasteiger partial charge on any atom is 0.330 e. The lowest BCUT2D eigenvalue weighted by Gasteiger charge is -2.25. The summed E-state index contributed by atoms with van der Waals surface area (Å²) in [7, 11) is 1.36. The lowest BCUT2D eigenvalue weighted by atomic mass is 10.1. The second kappa shape index (κ2) is 5.42. The summed E-state index contributed by atoms with van der Waals surface area (Å²) in [5, 5.41) is 6.27. The number of hydrogen-bond donors (Lipinski definition) is 2. The van der Waals surface area contributed by atoms with E-state index in [4.69, 9.17) is 4.74 Å². The maximum absolute atomic E-state index is 11.6. The van der Waals surface area contributed by atoms with Gasteiger partial charge in [0.25, 0.3) is 0 Å². The van der Waals surface area contributed by atoms with Crippen LogP contribution in [0.15, 0.2) is 12.4 Å². The van der Waals surface area contributed by atoms with Gasteiger partial charge in [-0.2, -0.15) is 0 Å². The molecule has 0 amide bonds. The minimum atomic E-state index is -0.845. The Hall–Kier alpha value is -1.85. The summed E-state index contributed by atoms with van der Waals surface area (Å²) in [6, 6.07) is 1.76. The number of anilines is 2. The topological polar surface area (TPSA) is 76.1 Å². The van der Waals surface area contributed by atoms with Crippen molar-refractivity contribution in [2.75, 3.05) is 17.7 Å². The molecule has 6 nitrogen and oxygen atoms in total. The van der Waals surface area contributed by atoms with Gasteiger partial charge in [0.1, 0.15) is 23.5 Å². The van der Waals surface area contributed by atoms with Crippen molar-refractivity contribution in [3.8, 4) is 0 Å². The molecule has 0 aromatic carbocycles. The molecule has 1 heterocycles. The predicted molar refractivity (Wildman–Crippen MR) is 75.1 cm³/mol. The largest absolute Gasteiger partial charge is 0.467 e. The van der Waals surface area contributed by atoms with Gasteiger partial charge in [-0.15, -0.1) is 0 Å². The van der Waals surface area contributed by atoms with Crippen molar-refractivity contribution >= 4 is 17.6 Å². The van der Waals surface area contributed by atoms with Gasteiger partial charge in [-0.25, -0.2) is 14.8 Å². The van der Waals surface area contributed by atoms with Gasteiger partial charge in [-0.3, -0.25) is 0 Å². The van der Waals surface area contributed by atoms with Crippen molar-refractivity contribution in [3.63, 3.8) is 0 Å². The highest BCUT2D eigenvalue weighted by Gasteiger charge is 2.28. The van der Waals surface area contributed by atoms with Crippen molar-refractivity contribution in [2.45, 2.75) is 45.7 Å². The first kappa shape index (κ1) is 15.2. The number of aromatic nitrogens is 2. The monoisotopic (exact) mass is 266 g/mol. The lowest BCUT2D eigenvalue weighted by molar-refractivity contribution is -0.144. The quantitative estimate of drug-likeness (QED) is 0.812. The molecule has 0 aliphatic rings. The molecule has 0 fully saturated rings. The van der Waals surface area contributed by atoms with Crippen molar-refractivity contribution in [1.82, 2.24) is 9.97 Å². The number of nitrogens with one attached hydrogen (secondary N) is 2. The van der Waals surface area contributed by atoms with E-state index < -0.39 is 5.54 Å². The second-order valence-electron chi connectivity index (χ2n) is 5.91. The molecule has 1 aromatic heterocycles. The summed E-state index contributed by atoms with van der Waals surface area (Å²) < 4.78 is 4.74. The molecule has 0 saturated heterocycles. The van der Waals surface area contributed by atoms with E-state index in [1.54, 1.807) is 19.9 Å². The molecule has 106 valence electrons. The summed E-state index contributed by atoms with van der Waals surface area (Å²) >= 11 is 0. The minimum absolute atomic E-state index is 0.0938. The van der Waals surface area contributed by atoms with Crippen molar-refractivity contribution in [3.05, 3.63) is 12.4 Å². The van der Waals surface area contributed by atoms with Crippen LogP contribution >= 0.6 is 0 Å². The standard InChI is InChI=1S/C13H22N4O2/c1-12(2,3)16-9-7-10(15-8-14-9)17-13(4,5)11(18)19-6/h7-8H,1-6H3,(H2,14,15,16,17). The molecule has 1 rings (SSSR count). The summed E-state index contributed by atoms with van der Waals surface area (Å²) in [5.74, 6) is 0.916. The van der Waals surface area contributed by atoms with Crippen LogP contribution in [0.1, 0.15) is 34.6 Å². The van der Waals surface area contributed by atoms with Gasteiger partial charge >= 0.3 is 5.97 Å². The first-order valence-electron chi connectivity index (χ1n) is 6.11. The van der Waals surface area contributed by atoms with Gasteiger partial charge in [-0.05, 0) is 34.6 Å². The number of carbonyl (C=O) groups excluding carboxylic acids is 1. The number of hydrogen-bond acceptors (Lipinski definition) is 6. The Morgan fingerprint density at radius 2 is 1.63 bits per heavy atom. The van der Waals surface area contributed by atoms with Crippen molar-refractivity contribution in [1.29, 1.82) is 0 Å². The number of ether oxygens (including phenoxy) is 1. The van der Waals surface area contributed by atoms with Crippen LogP contribution < -0.4 is 10.6 Å². The van der Waals surface area contributed by atoms with Gasteiger partial charge in [-0.1, -0.05) is 0 Å². The molecule has 0 bridgehead atoms. The van der Waals surface area contributed by atoms with Gasteiger partial charge in [0.15, 0.2) is 0 Å². The maximum atomic E-state index is 11.6. The molecule has 0 atom stereocenters. The van der Waals surface area contributed by atoms with Crippen LogP contribution in [0.3, 0.4) is 0 Å². The molecule has 0 aliphatic heterocycles. The third-order valence-electron chi connectivity index (χ3n) is 2.31. The van der Waals surface area contributed by atoms with Gasteiger partial charge < -0.3 is 15.4 Å². The Morgan fingerprint density at radius 3 is 2.11 bits per heavy atom. The van der Waals surface area contributed by atoms with E-state index in [9.17, 15) is 4.79 Å². The fourth-order valence-electron chi connectivity index (χ4n) is 1.50. The normalized spacial score (nSPS) is 11.9. The van der Waals surface area contributed by atoms with Crippen LogP contribution in [0.5, 0.6) is 0 Å². The summed E-state index contributed by atoms with van der Waals surface area (Å²) in [4.78, 5) is 19.9. The van der Waals surface area contributed by atoms with Crippen LogP contribution in [0.25, 0.3) is 0 Å². The molecule has 19 heavy (non-hydrogen) atoms. The zero-order chi connectivity index (χ0) is 14.7. The number of rotatable bonds is 4. The lowest BCUT2D eigenvalue weighted by Crippen LogP contribution is -2.41. The molecule has 2 N–H and O–H groups in total. The number of carbonyl (C=O) groups is 1. The van der Waals surface area contributed by atoms with E-state index in [-0.39, 0.29) is 11.5 Å². The molecule has 0 spiro atoms. The van der Waals surface area contributed by atoms with E-state index in [1.165, 1.54) is 13.4 Å². The van der Waals surface area contributed by atoms with Crippen molar-refractivity contribution < 1.29 is 9.53 Å². The summed E-state index contributed by atoms with van der Waals surface area (Å²) in [5.41, 5.74) is -0.939. The van der Waals surface area contributed by atoms with Crippen LogP contribution in [-0.4, -0.2) is 34.1 Å². The Labute approximate surface area is 114 Å². The first-order chi connectivity index (χ1) is 8.64. The number of esters is 1. The van der Waals surface area contributed by atoms with Gasteiger partial charge in [0.05, 0.1) is 7.11 Å². The second-order valence-corrected chi connectivity index (χ2v) is 5.91. The predicted octanol–water partition coefficient (Wildman–Crippen LogP) is 2.05. The van der Waals surface area contributed by atoms with E-state index in [2.05, 4.69) is 20.6 Å². The van der Waals surface area contributed by atoms with E-state index in [0.29, 0.717) is 11.6 Å². The fraction of sp³-hybridized carbons (Fsp3) is 0.615. The van der Waals surface area contributed by atoms with E-state index in [0.717, 1.165) is 0 Å². The zero-order valence-electron chi connectivity index (χ0n) is 12.4. The highest BCUT2D eigenvalue weighted by atomic mass is 16.5. The summed E-state index contributed by atoms with van der Waals surface area (Å²) in [6.45, 7) is 9.59. The SMILES string of the molecule is COC(=O)C(C)(C)Nc1cc(NC(C)(C)C)ncn1. The Kier molecular flexibility index (Phi) is 4.34.